The normalized spacial score (nSPS) is 11.8. The van der Waals surface area contributed by atoms with Crippen LogP contribution >= 0.6 is 11.8 Å². The van der Waals surface area contributed by atoms with Crippen LogP contribution in [0.4, 0.5) is 0 Å². The Kier molecular flexibility index (Phi) is 6.92. The van der Waals surface area contributed by atoms with Crippen LogP contribution in [-0.4, -0.2) is 35.0 Å². The number of carbonyl (C=O) groups is 2. The molecule has 1 amide bonds. The van der Waals surface area contributed by atoms with E-state index in [2.05, 4.69) is 11.9 Å². The first kappa shape index (κ1) is 13.0. The minimum atomic E-state index is -1.00. The Balaban J connectivity index is 3.66. The van der Waals surface area contributed by atoms with E-state index in [-0.39, 0.29) is 0 Å². The summed E-state index contributed by atoms with van der Waals surface area (Å²) in [6, 6.07) is -0.789. The Morgan fingerprint density at radius 3 is 2.79 bits per heavy atom. The van der Waals surface area contributed by atoms with E-state index in [1.165, 1.54) is 11.8 Å². The van der Waals surface area contributed by atoms with E-state index in [1.807, 2.05) is 6.92 Å². The predicted octanol–water partition coefficient (Wildman–Crippen LogP) is 0.885. The fourth-order valence-corrected chi connectivity index (χ4v) is 1.85. The van der Waals surface area contributed by atoms with Gasteiger partial charge in [-0.3, -0.25) is 4.79 Å². The second kappa shape index (κ2) is 7.44. The van der Waals surface area contributed by atoms with Crippen molar-refractivity contribution in [3.8, 4) is 0 Å². The van der Waals surface area contributed by atoms with E-state index in [0.29, 0.717) is 12.2 Å². The molecule has 4 nitrogen and oxygen atoms in total. The van der Waals surface area contributed by atoms with Crippen molar-refractivity contribution in [1.29, 1.82) is 0 Å². The zero-order valence-electron chi connectivity index (χ0n) is 8.16. The molecule has 0 aliphatic carbocycles. The van der Waals surface area contributed by atoms with Gasteiger partial charge in [-0.2, -0.15) is 11.8 Å². The molecule has 1 unspecified atom stereocenters. The first-order valence-corrected chi connectivity index (χ1v) is 5.38. The highest BCUT2D eigenvalue weighted by Crippen LogP contribution is 2.08. The molecule has 0 saturated heterocycles. The summed E-state index contributed by atoms with van der Waals surface area (Å²) in [4.78, 5) is 20.6. The molecule has 0 spiro atoms. The summed E-state index contributed by atoms with van der Waals surface area (Å²) < 4.78 is 0. The maximum Gasteiger partial charge on any atom is 0.327 e. The molecule has 0 fully saturated rings. The van der Waals surface area contributed by atoms with Crippen molar-refractivity contribution in [2.45, 2.75) is 19.4 Å². The highest BCUT2D eigenvalue weighted by molar-refractivity contribution is 7.99. The minimum absolute atomic E-state index is 0.390. The summed E-state index contributed by atoms with van der Waals surface area (Å²) >= 11 is 1.49. The number of hydrogen-bond donors (Lipinski definition) is 2. The van der Waals surface area contributed by atoms with Gasteiger partial charge >= 0.3 is 5.97 Å². The molecule has 5 heteroatoms. The number of thioether (sulfide) groups is 1. The lowest BCUT2D eigenvalue weighted by Crippen LogP contribution is -2.37. The Bertz CT molecular complexity index is 218. The Labute approximate surface area is 87.8 Å². The van der Waals surface area contributed by atoms with E-state index in [4.69, 9.17) is 5.11 Å². The molecule has 0 heterocycles. The molecule has 0 rings (SSSR count). The number of carboxylic acid groups (broad SMARTS) is 1. The lowest BCUT2D eigenvalue weighted by atomic mass is 10.3. The van der Waals surface area contributed by atoms with Crippen molar-refractivity contribution in [2.75, 3.05) is 11.5 Å². The summed E-state index contributed by atoms with van der Waals surface area (Å²) in [5.74, 6) is 0.223. The SMILES string of the molecule is C=C(C)CCSCC(NC=O)C(=O)O. The highest BCUT2D eigenvalue weighted by Gasteiger charge is 2.15. The molecule has 0 aliphatic heterocycles. The lowest BCUT2D eigenvalue weighted by molar-refractivity contribution is -0.139. The van der Waals surface area contributed by atoms with Crippen molar-refractivity contribution < 1.29 is 14.7 Å². The minimum Gasteiger partial charge on any atom is -0.480 e. The largest absolute Gasteiger partial charge is 0.480 e. The summed E-state index contributed by atoms with van der Waals surface area (Å²) in [7, 11) is 0. The van der Waals surface area contributed by atoms with Crippen LogP contribution in [0.3, 0.4) is 0 Å². The number of aliphatic carboxylic acids is 1. The molecule has 0 radical (unpaired) electrons. The van der Waals surface area contributed by atoms with Gasteiger partial charge in [-0.05, 0) is 19.1 Å². The zero-order valence-corrected chi connectivity index (χ0v) is 8.97. The fourth-order valence-electron chi connectivity index (χ4n) is 0.720. The van der Waals surface area contributed by atoms with Crippen LogP contribution in [-0.2, 0) is 9.59 Å². The molecule has 0 aliphatic rings. The molecule has 0 aromatic heterocycles. The summed E-state index contributed by atoms with van der Waals surface area (Å²) in [5, 5.41) is 10.9. The van der Waals surface area contributed by atoms with Gasteiger partial charge in [0.2, 0.25) is 6.41 Å². The van der Waals surface area contributed by atoms with Gasteiger partial charge in [0.15, 0.2) is 0 Å². The molecule has 0 saturated carbocycles. The van der Waals surface area contributed by atoms with Gasteiger partial charge < -0.3 is 10.4 Å². The molecule has 80 valence electrons. The topological polar surface area (TPSA) is 66.4 Å². The van der Waals surface area contributed by atoms with E-state index in [9.17, 15) is 9.59 Å². The van der Waals surface area contributed by atoms with Crippen molar-refractivity contribution in [2.24, 2.45) is 0 Å². The van der Waals surface area contributed by atoms with E-state index in [0.717, 1.165) is 17.7 Å². The van der Waals surface area contributed by atoms with Gasteiger partial charge in [0.1, 0.15) is 6.04 Å². The lowest BCUT2D eigenvalue weighted by Gasteiger charge is -2.10. The Hall–Kier alpha value is -0.970. The molecular formula is C9H15NO3S. The van der Waals surface area contributed by atoms with Crippen LogP contribution in [0, 0.1) is 0 Å². The van der Waals surface area contributed by atoms with Crippen LogP contribution < -0.4 is 5.32 Å². The zero-order chi connectivity index (χ0) is 11.0. The summed E-state index contributed by atoms with van der Waals surface area (Å²) in [6.45, 7) is 5.67. The molecule has 0 bridgehead atoms. The number of carbonyl (C=O) groups excluding carboxylic acids is 1. The molecule has 0 aromatic rings. The molecule has 14 heavy (non-hydrogen) atoms. The number of allylic oxidation sites excluding steroid dienone is 1. The molecule has 1 atom stereocenters. The van der Waals surface area contributed by atoms with Gasteiger partial charge in [0.05, 0.1) is 0 Å². The third-order valence-corrected chi connectivity index (χ3v) is 2.59. The second-order valence-electron chi connectivity index (χ2n) is 2.96. The van der Waals surface area contributed by atoms with Gasteiger partial charge in [-0.1, -0.05) is 5.57 Å². The van der Waals surface area contributed by atoms with Crippen molar-refractivity contribution in [3.05, 3.63) is 12.2 Å². The van der Waals surface area contributed by atoms with Crippen LogP contribution in [0.5, 0.6) is 0 Å². The van der Waals surface area contributed by atoms with Gasteiger partial charge in [0.25, 0.3) is 0 Å². The first-order chi connectivity index (χ1) is 6.57. The Morgan fingerprint density at radius 2 is 2.36 bits per heavy atom. The summed E-state index contributed by atoms with van der Waals surface area (Å²) in [5.41, 5.74) is 1.08. The molecule has 2 N–H and O–H groups in total. The van der Waals surface area contributed by atoms with Crippen LogP contribution in [0.25, 0.3) is 0 Å². The quantitative estimate of drug-likeness (QED) is 0.360. The smallest absolute Gasteiger partial charge is 0.327 e. The van der Waals surface area contributed by atoms with Crippen molar-refractivity contribution >= 4 is 24.1 Å². The fraction of sp³-hybridized carbons (Fsp3) is 0.556. The number of hydrogen-bond acceptors (Lipinski definition) is 3. The monoisotopic (exact) mass is 217 g/mol. The van der Waals surface area contributed by atoms with E-state index >= 15 is 0 Å². The second-order valence-corrected chi connectivity index (χ2v) is 4.11. The maximum absolute atomic E-state index is 10.6. The van der Waals surface area contributed by atoms with Crippen LogP contribution in [0.1, 0.15) is 13.3 Å². The van der Waals surface area contributed by atoms with Crippen LogP contribution in [0.15, 0.2) is 12.2 Å². The number of amides is 1. The van der Waals surface area contributed by atoms with Gasteiger partial charge in [-0.15, -0.1) is 6.58 Å². The van der Waals surface area contributed by atoms with E-state index in [1.54, 1.807) is 0 Å². The van der Waals surface area contributed by atoms with Gasteiger partial charge in [-0.25, -0.2) is 4.79 Å². The number of rotatable bonds is 8. The first-order valence-electron chi connectivity index (χ1n) is 4.22. The standard InChI is InChI=1S/C9H15NO3S/c1-7(2)3-4-14-5-8(9(12)13)10-6-11/h6,8H,1,3-5H2,2H3,(H,10,11)(H,12,13). The Morgan fingerprint density at radius 1 is 1.71 bits per heavy atom. The van der Waals surface area contributed by atoms with Crippen molar-refractivity contribution in [3.63, 3.8) is 0 Å². The van der Waals surface area contributed by atoms with Crippen LogP contribution in [0.2, 0.25) is 0 Å². The average molecular weight is 217 g/mol. The molecule has 0 aromatic carbocycles. The predicted molar refractivity (Wildman–Crippen MR) is 57.4 cm³/mol. The average Bonchev–Trinajstić information content (AvgIpc) is 2.09. The third-order valence-electron chi connectivity index (χ3n) is 1.53. The summed E-state index contributed by atoms with van der Waals surface area (Å²) in [6.07, 6.45) is 1.29. The molecular weight excluding hydrogens is 202 g/mol. The maximum atomic E-state index is 10.6. The van der Waals surface area contributed by atoms with E-state index < -0.39 is 12.0 Å². The third kappa shape index (κ3) is 6.54. The van der Waals surface area contributed by atoms with Gasteiger partial charge in [0, 0.05) is 5.75 Å². The number of carboxylic acids is 1. The number of nitrogens with one attached hydrogen (secondary N) is 1. The van der Waals surface area contributed by atoms with Crippen molar-refractivity contribution in [1.82, 2.24) is 5.32 Å². The highest BCUT2D eigenvalue weighted by atomic mass is 32.2.